The zero-order chi connectivity index (χ0) is 40.0. The Kier molecular flexibility index (Phi) is 13.8. The van der Waals surface area contributed by atoms with Gasteiger partial charge in [0.15, 0.2) is 24.5 Å². The number of hydrogen-bond donors (Lipinski definition) is 1. The number of carbonyl (C=O) groups is 2. The van der Waals surface area contributed by atoms with Gasteiger partial charge in [0.25, 0.3) is 10.1 Å². The fourth-order valence-corrected chi connectivity index (χ4v) is 15.2. The number of rotatable bonds is 10. The quantitative estimate of drug-likeness (QED) is 0.120. The molecule has 5 aliphatic rings. The van der Waals surface area contributed by atoms with Gasteiger partial charge < -0.3 is 9.47 Å². The molecule has 5 saturated carbocycles. The van der Waals surface area contributed by atoms with E-state index in [-0.39, 0.29) is 46.7 Å². The average Bonchev–Trinajstić information content (AvgIpc) is 3.84. The highest BCUT2D eigenvalue weighted by Gasteiger charge is 2.62. The fourth-order valence-electron chi connectivity index (χ4n) is 10.0. The summed E-state index contributed by atoms with van der Waals surface area (Å²) < 4.78 is 70.9. The maximum atomic E-state index is 13.1. The van der Waals surface area contributed by atoms with Crippen LogP contribution in [0.3, 0.4) is 0 Å². The molecule has 0 saturated heterocycles. The van der Waals surface area contributed by atoms with E-state index in [1.807, 2.05) is 36.4 Å². The van der Waals surface area contributed by atoms with Crippen LogP contribution in [-0.4, -0.2) is 56.0 Å². The molecule has 2 bridgehead atoms. The van der Waals surface area contributed by atoms with Crippen LogP contribution < -0.4 is 0 Å². The van der Waals surface area contributed by atoms with Crippen LogP contribution in [0.25, 0.3) is 0 Å². The van der Waals surface area contributed by atoms with Gasteiger partial charge in [0.2, 0.25) is 0 Å². The van der Waals surface area contributed by atoms with Gasteiger partial charge in [0.05, 0.1) is 38.1 Å². The summed E-state index contributed by atoms with van der Waals surface area (Å²) in [5, 5.41) is -1.20. The second-order valence-corrected chi connectivity index (χ2v) is 22.5. The number of esters is 2. The first-order valence-electron chi connectivity index (χ1n) is 21.1. The Bertz CT molecular complexity index is 1960. The molecule has 12 heteroatoms. The first-order valence-corrected chi connectivity index (χ1v) is 25.3. The summed E-state index contributed by atoms with van der Waals surface area (Å²) in [7, 11) is -7.75. The number of ether oxygens (including phenoxy) is 2. The Morgan fingerprint density at radius 1 is 0.544 bits per heavy atom. The van der Waals surface area contributed by atoms with E-state index in [9.17, 15) is 31.0 Å². The minimum atomic E-state index is -4.27. The van der Waals surface area contributed by atoms with Gasteiger partial charge in [0, 0.05) is 0 Å². The van der Waals surface area contributed by atoms with Gasteiger partial charge in [-0.3, -0.25) is 14.1 Å². The highest BCUT2D eigenvalue weighted by Crippen LogP contribution is 2.55. The predicted molar refractivity (Wildman–Crippen MR) is 220 cm³/mol. The molecule has 0 amide bonds. The van der Waals surface area contributed by atoms with Gasteiger partial charge in [-0.1, -0.05) is 68.5 Å². The summed E-state index contributed by atoms with van der Waals surface area (Å²) in [6, 6.07) is 28.5. The van der Waals surface area contributed by atoms with Crippen molar-refractivity contribution in [2.24, 2.45) is 23.7 Å². The zero-order valence-corrected chi connectivity index (χ0v) is 35.1. The monoisotopic (exact) mass is 837 g/mol. The molecule has 0 aromatic heterocycles. The molecule has 3 aromatic rings. The van der Waals surface area contributed by atoms with Crippen molar-refractivity contribution >= 4 is 42.8 Å². The standard InChI is InChI=1S/C24H25O2S2.C21H32O7S/c25-28(26,23-14-8-3-9-15-23)24-18-16-22(17-19-24)27(20-10-4-1-5-11-20)21-12-6-2-7-13-21;22-20(27-14-7-3-1-4-8-14)18-13-11-16(17(12-13)29(24,25)26)19(18)21(23)28-15-9-5-2-6-10-15/h1-2,4-7,10-13,16-19,23H,3,8-9,14-15H2;13-19H,1-12H2,(H,24,25,26)/q+1;. The topological polar surface area (TPSA) is 141 Å². The maximum absolute atomic E-state index is 13.1. The van der Waals surface area contributed by atoms with E-state index in [4.69, 9.17) is 9.47 Å². The van der Waals surface area contributed by atoms with Gasteiger partial charge >= 0.3 is 11.9 Å². The molecule has 308 valence electrons. The van der Waals surface area contributed by atoms with Gasteiger partial charge in [-0.05, 0) is 137 Å². The van der Waals surface area contributed by atoms with Crippen LogP contribution in [-0.2, 0) is 49.9 Å². The van der Waals surface area contributed by atoms with Crippen molar-refractivity contribution in [2.45, 2.75) is 151 Å². The molecule has 1 N–H and O–H groups in total. The normalized spacial score (nSPS) is 26.0. The van der Waals surface area contributed by atoms with Crippen molar-refractivity contribution in [1.29, 1.82) is 0 Å². The van der Waals surface area contributed by atoms with E-state index < -0.39 is 48.9 Å². The van der Waals surface area contributed by atoms with Crippen LogP contribution in [0.5, 0.6) is 0 Å². The minimum absolute atomic E-state index is 0.109. The highest BCUT2D eigenvalue weighted by molar-refractivity contribution is 7.97. The lowest BCUT2D eigenvalue weighted by Gasteiger charge is -2.34. The number of benzene rings is 3. The summed E-state index contributed by atoms with van der Waals surface area (Å²) in [5.74, 6) is -3.19. The van der Waals surface area contributed by atoms with Gasteiger partial charge in [-0.15, -0.1) is 0 Å². The molecule has 9 nitrogen and oxygen atoms in total. The SMILES string of the molecule is O=C(OC1CCCCC1)C1C2CC(C1C(=O)OC1CCCCC1)C(S(=O)(=O)O)C2.O=S(=O)(c1ccc([S+](c2ccccc2)c2ccccc2)cc1)C1CCCCC1. The van der Waals surface area contributed by atoms with Crippen molar-refractivity contribution in [3.63, 3.8) is 0 Å². The number of carbonyl (C=O) groups excluding carboxylic acids is 2. The van der Waals surface area contributed by atoms with E-state index in [0.29, 0.717) is 11.3 Å². The third-order valence-electron chi connectivity index (χ3n) is 12.9. The van der Waals surface area contributed by atoms with E-state index in [1.165, 1.54) is 9.79 Å². The van der Waals surface area contributed by atoms with Crippen LogP contribution in [0.2, 0.25) is 0 Å². The van der Waals surface area contributed by atoms with Gasteiger partial charge in [0.1, 0.15) is 12.2 Å². The average molecular weight is 838 g/mol. The minimum Gasteiger partial charge on any atom is -0.462 e. The molecule has 0 radical (unpaired) electrons. The molecule has 57 heavy (non-hydrogen) atoms. The molecule has 0 aliphatic heterocycles. The van der Waals surface area contributed by atoms with E-state index in [0.717, 1.165) is 101 Å². The smallest absolute Gasteiger partial charge is 0.310 e. The summed E-state index contributed by atoms with van der Waals surface area (Å²) >= 11 is 0. The van der Waals surface area contributed by atoms with Crippen LogP contribution in [0, 0.1) is 23.7 Å². The van der Waals surface area contributed by atoms with E-state index >= 15 is 0 Å². The Balaban J connectivity index is 0.000000174. The molecule has 0 heterocycles. The third kappa shape index (κ3) is 9.99. The molecule has 5 atom stereocenters. The molecule has 0 spiro atoms. The lowest BCUT2D eigenvalue weighted by molar-refractivity contribution is -0.170. The molecule has 5 aliphatic carbocycles. The first kappa shape index (κ1) is 42.0. The van der Waals surface area contributed by atoms with E-state index in [1.54, 1.807) is 0 Å². The lowest BCUT2D eigenvalue weighted by Crippen LogP contribution is -2.45. The number of sulfone groups is 1. The fraction of sp³-hybridized carbons (Fsp3) is 0.556. The summed E-state index contributed by atoms with van der Waals surface area (Å²) in [6.45, 7) is 0. The van der Waals surface area contributed by atoms with Crippen LogP contribution in [0.4, 0.5) is 0 Å². The zero-order valence-electron chi connectivity index (χ0n) is 32.7. The van der Waals surface area contributed by atoms with Crippen molar-refractivity contribution < 1.29 is 40.5 Å². The van der Waals surface area contributed by atoms with Crippen molar-refractivity contribution in [3.05, 3.63) is 84.9 Å². The Morgan fingerprint density at radius 2 is 0.982 bits per heavy atom. The first-order chi connectivity index (χ1) is 27.5. The Morgan fingerprint density at radius 3 is 1.46 bits per heavy atom. The summed E-state index contributed by atoms with van der Waals surface area (Å²) in [5.41, 5.74) is 0. The van der Waals surface area contributed by atoms with Gasteiger partial charge in [-0.25, -0.2) is 8.42 Å². The number of hydrogen-bond acceptors (Lipinski definition) is 8. The maximum Gasteiger partial charge on any atom is 0.310 e. The highest BCUT2D eigenvalue weighted by atomic mass is 32.2. The van der Waals surface area contributed by atoms with Crippen molar-refractivity contribution in [2.75, 3.05) is 0 Å². The van der Waals surface area contributed by atoms with E-state index in [2.05, 4.69) is 48.5 Å². The predicted octanol–water partition coefficient (Wildman–Crippen LogP) is 9.16. The largest absolute Gasteiger partial charge is 0.462 e. The molecule has 5 unspecified atom stereocenters. The summed E-state index contributed by atoms with van der Waals surface area (Å²) in [6.07, 6.45) is 14.8. The molecule has 3 aromatic carbocycles. The summed E-state index contributed by atoms with van der Waals surface area (Å²) in [4.78, 5) is 30.2. The molecule has 5 fully saturated rings. The van der Waals surface area contributed by atoms with Gasteiger partial charge in [-0.2, -0.15) is 8.42 Å². The molecular formula is C45H57O9S3+. The van der Waals surface area contributed by atoms with Crippen molar-refractivity contribution in [1.82, 2.24) is 0 Å². The second kappa shape index (κ2) is 18.8. The van der Waals surface area contributed by atoms with Crippen molar-refractivity contribution in [3.8, 4) is 0 Å². The number of fused-ring (bicyclic) bond motifs is 2. The molecular weight excluding hydrogens is 781 g/mol. The van der Waals surface area contributed by atoms with Crippen LogP contribution in [0.15, 0.2) is 105 Å². The Hall–Kier alpha value is -3.19. The lowest BCUT2D eigenvalue weighted by atomic mass is 9.78. The second-order valence-electron chi connectivity index (χ2n) is 16.6. The van der Waals surface area contributed by atoms with Crippen LogP contribution >= 0.6 is 0 Å². The molecule has 8 rings (SSSR count). The Labute approximate surface area is 341 Å². The third-order valence-corrected chi connectivity index (χ3v) is 18.7. The van der Waals surface area contributed by atoms with Crippen LogP contribution in [0.1, 0.15) is 109 Å².